The van der Waals surface area contributed by atoms with Gasteiger partial charge in [-0.25, -0.2) is 0 Å². The van der Waals surface area contributed by atoms with Crippen LogP contribution < -0.4 is 15.4 Å². The van der Waals surface area contributed by atoms with Crippen LogP contribution in [-0.4, -0.2) is 62.7 Å². The zero-order chi connectivity index (χ0) is 18.8. The Balaban J connectivity index is 0.00000364. The van der Waals surface area contributed by atoms with Crippen molar-refractivity contribution in [2.45, 2.75) is 43.5 Å². The fourth-order valence-electron chi connectivity index (χ4n) is 3.13. The van der Waals surface area contributed by atoms with Gasteiger partial charge in [0.15, 0.2) is 5.96 Å². The Morgan fingerprint density at radius 1 is 1.26 bits per heavy atom. The lowest BCUT2D eigenvalue weighted by Crippen LogP contribution is -2.42. The summed E-state index contributed by atoms with van der Waals surface area (Å²) < 4.78 is 5.78. The number of nitrogens with zero attached hydrogens (tertiary/aromatic N) is 2. The van der Waals surface area contributed by atoms with Crippen molar-refractivity contribution in [1.82, 2.24) is 15.5 Å². The molecule has 0 amide bonds. The molecule has 154 valence electrons. The normalized spacial score (nSPS) is 19.7. The van der Waals surface area contributed by atoms with E-state index < -0.39 is 0 Å². The zero-order valence-electron chi connectivity index (χ0n) is 17.0. The third-order valence-electron chi connectivity index (χ3n) is 4.68. The molecule has 2 rings (SSSR count). The van der Waals surface area contributed by atoms with Gasteiger partial charge in [-0.15, -0.1) is 24.0 Å². The summed E-state index contributed by atoms with van der Waals surface area (Å²) in [5, 5.41) is 7.76. The van der Waals surface area contributed by atoms with Crippen LogP contribution in [0.1, 0.15) is 31.2 Å². The number of ether oxygens (including phenoxy) is 1. The van der Waals surface area contributed by atoms with Crippen LogP contribution in [0.15, 0.2) is 29.3 Å². The van der Waals surface area contributed by atoms with Crippen LogP contribution in [-0.2, 0) is 6.54 Å². The third kappa shape index (κ3) is 9.38. The Morgan fingerprint density at radius 2 is 2.00 bits per heavy atom. The van der Waals surface area contributed by atoms with E-state index in [-0.39, 0.29) is 24.0 Å². The average molecular weight is 506 g/mol. The summed E-state index contributed by atoms with van der Waals surface area (Å²) in [5.41, 5.74) is 1.22. The maximum absolute atomic E-state index is 5.78. The second-order valence-corrected chi connectivity index (χ2v) is 8.23. The molecule has 7 heteroatoms. The van der Waals surface area contributed by atoms with Gasteiger partial charge in [-0.1, -0.05) is 12.1 Å². The minimum absolute atomic E-state index is 0. The van der Waals surface area contributed by atoms with Gasteiger partial charge in [0, 0.05) is 31.4 Å². The highest BCUT2D eigenvalue weighted by Crippen LogP contribution is 2.28. The molecule has 2 unspecified atom stereocenters. The van der Waals surface area contributed by atoms with E-state index in [0.717, 1.165) is 43.1 Å². The highest BCUT2D eigenvalue weighted by Gasteiger charge is 2.24. The van der Waals surface area contributed by atoms with Crippen LogP contribution in [0.3, 0.4) is 0 Å². The first-order valence-electron chi connectivity index (χ1n) is 9.47. The van der Waals surface area contributed by atoms with Crippen molar-refractivity contribution in [1.29, 1.82) is 0 Å². The molecule has 1 aromatic rings. The number of guanidine groups is 1. The quantitative estimate of drug-likeness (QED) is 0.232. The number of nitrogens with one attached hydrogen (secondary N) is 2. The van der Waals surface area contributed by atoms with Crippen LogP contribution in [0.2, 0.25) is 0 Å². The van der Waals surface area contributed by atoms with E-state index in [1.54, 1.807) is 0 Å². The van der Waals surface area contributed by atoms with E-state index in [0.29, 0.717) is 6.04 Å². The minimum Gasteiger partial charge on any atom is -0.494 e. The van der Waals surface area contributed by atoms with Gasteiger partial charge in [-0.2, -0.15) is 11.8 Å². The van der Waals surface area contributed by atoms with Gasteiger partial charge in [0.2, 0.25) is 0 Å². The van der Waals surface area contributed by atoms with Gasteiger partial charge in [0.25, 0.3) is 0 Å². The Bertz CT molecular complexity index is 553. The number of aliphatic imine (C=N–C) groups is 1. The highest BCUT2D eigenvalue weighted by atomic mass is 127. The monoisotopic (exact) mass is 506 g/mol. The standard InChI is InChI=1S/C20H34N4OS.HI/c1-21-20(23-17-8-11-19(14-17)26-4)22-15-16-6-9-18(10-7-16)25-13-5-12-24(2)3;/h6-7,9-10,17,19H,5,8,11-15H2,1-4H3,(H2,21,22,23);1H. The van der Waals surface area contributed by atoms with E-state index in [9.17, 15) is 0 Å². The van der Waals surface area contributed by atoms with Gasteiger partial charge < -0.3 is 20.3 Å². The summed E-state index contributed by atoms with van der Waals surface area (Å²) in [6, 6.07) is 8.85. The predicted molar refractivity (Wildman–Crippen MR) is 129 cm³/mol. The molecule has 2 N–H and O–H groups in total. The second-order valence-electron chi connectivity index (χ2n) is 7.09. The Morgan fingerprint density at radius 3 is 2.59 bits per heavy atom. The first-order valence-corrected chi connectivity index (χ1v) is 10.8. The molecule has 0 saturated heterocycles. The first-order chi connectivity index (χ1) is 12.6. The molecule has 1 saturated carbocycles. The fraction of sp³-hybridized carbons (Fsp3) is 0.650. The Kier molecular flexibility index (Phi) is 12.2. The van der Waals surface area contributed by atoms with Gasteiger partial charge >= 0.3 is 0 Å². The Hall–Kier alpha value is -0.670. The zero-order valence-corrected chi connectivity index (χ0v) is 20.2. The molecule has 1 aliphatic carbocycles. The molecule has 0 aromatic heterocycles. The summed E-state index contributed by atoms with van der Waals surface area (Å²) in [4.78, 5) is 6.53. The van der Waals surface area contributed by atoms with Crippen LogP contribution in [0, 0.1) is 0 Å². The fourth-order valence-corrected chi connectivity index (χ4v) is 3.93. The molecule has 0 bridgehead atoms. The van der Waals surface area contributed by atoms with E-state index in [1.165, 1.54) is 24.8 Å². The van der Waals surface area contributed by atoms with Crippen LogP contribution in [0.25, 0.3) is 0 Å². The molecule has 1 fully saturated rings. The SMILES string of the molecule is CN=C(NCc1ccc(OCCCN(C)C)cc1)NC1CCC(SC)C1.I. The third-order valence-corrected chi connectivity index (χ3v) is 5.78. The molecular weight excluding hydrogens is 471 g/mol. The van der Waals surface area contributed by atoms with Crippen molar-refractivity contribution in [2.24, 2.45) is 4.99 Å². The smallest absolute Gasteiger partial charge is 0.191 e. The van der Waals surface area contributed by atoms with Crippen molar-refractivity contribution in [3.63, 3.8) is 0 Å². The van der Waals surface area contributed by atoms with Crippen molar-refractivity contribution < 1.29 is 4.74 Å². The maximum Gasteiger partial charge on any atom is 0.191 e. The van der Waals surface area contributed by atoms with Crippen LogP contribution >= 0.6 is 35.7 Å². The Labute approximate surface area is 186 Å². The van der Waals surface area contributed by atoms with E-state index in [1.807, 2.05) is 30.9 Å². The van der Waals surface area contributed by atoms with E-state index >= 15 is 0 Å². The maximum atomic E-state index is 5.78. The van der Waals surface area contributed by atoms with Crippen molar-refractivity contribution in [2.75, 3.05) is 40.6 Å². The molecule has 0 spiro atoms. The van der Waals surface area contributed by atoms with Crippen molar-refractivity contribution >= 4 is 41.7 Å². The lowest BCUT2D eigenvalue weighted by atomic mass is 10.2. The molecular formula is C20H35IN4OS. The highest BCUT2D eigenvalue weighted by molar-refractivity contribution is 14.0. The molecule has 2 atom stereocenters. The van der Waals surface area contributed by atoms with E-state index in [2.05, 4.69) is 53.0 Å². The first kappa shape index (κ1) is 24.4. The molecule has 0 heterocycles. The van der Waals surface area contributed by atoms with Gasteiger partial charge in [-0.3, -0.25) is 4.99 Å². The molecule has 0 aliphatic heterocycles. The number of hydrogen-bond donors (Lipinski definition) is 2. The molecule has 1 aliphatic rings. The summed E-state index contributed by atoms with van der Waals surface area (Å²) in [5.74, 6) is 1.82. The molecule has 0 radical (unpaired) electrons. The lowest BCUT2D eigenvalue weighted by Gasteiger charge is -2.17. The van der Waals surface area contributed by atoms with Crippen LogP contribution in [0.4, 0.5) is 0 Å². The predicted octanol–water partition coefficient (Wildman–Crippen LogP) is 3.58. The lowest BCUT2D eigenvalue weighted by molar-refractivity contribution is 0.281. The summed E-state index contributed by atoms with van der Waals surface area (Å²) in [6.07, 6.45) is 6.99. The van der Waals surface area contributed by atoms with Gasteiger partial charge in [0.05, 0.1) is 6.61 Å². The second kappa shape index (κ2) is 13.5. The average Bonchev–Trinajstić information content (AvgIpc) is 3.10. The van der Waals surface area contributed by atoms with E-state index in [4.69, 9.17) is 4.74 Å². The summed E-state index contributed by atoms with van der Waals surface area (Å²) in [7, 11) is 6.00. The number of thioether (sulfide) groups is 1. The molecule has 1 aromatic carbocycles. The van der Waals surface area contributed by atoms with Crippen molar-refractivity contribution in [3.8, 4) is 5.75 Å². The molecule has 27 heavy (non-hydrogen) atoms. The summed E-state index contributed by atoms with van der Waals surface area (Å²) in [6.45, 7) is 2.57. The molecule has 5 nitrogen and oxygen atoms in total. The van der Waals surface area contributed by atoms with Crippen LogP contribution in [0.5, 0.6) is 5.75 Å². The van der Waals surface area contributed by atoms with Gasteiger partial charge in [-0.05, 0) is 63.7 Å². The topological polar surface area (TPSA) is 48.9 Å². The van der Waals surface area contributed by atoms with Crippen molar-refractivity contribution in [3.05, 3.63) is 29.8 Å². The van der Waals surface area contributed by atoms with Gasteiger partial charge in [0.1, 0.15) is 5.75 Å². The number of halogens is 1. The minimum atomic E-state index is 0. The largest absolute Gasteiger partial charge is 0.494 e. The number of rotatable bonds is 9. The number of hydrogen-bond acceptors (Lipinski definition) is 4. The number of benzene rings is 1. The summed E-state index contributed by atoms with van der Waals surface area (Å²) >= 11 is 1.98.